The van der Waals surface area contributed by atoms with Crippen LogP contribution < -0.4 is 10.1 Å². The molecule has 22 heavy (non-hydrogen) atoms. The van der Waals surface area contributed by atoms with E-state index in [4.69, 9.17) is 4.74 Å². The first-order valence-corrected chi connectivity index (χ1v) is 7.85. The van der Waals surface area contributed by atoms with Gasteiger partial charge in [-0.25, -0.2) is 0 Å². The van der Waals surface area contributed by atoms with Gasteiger partial charge in [-0.05, 0) is 44.4 Å². The fraction of sp³-hybridized carbons (Fsp3) is 0.500. The van der Waals surface area contributed by atoms with Crippen LogP contribution in [0.15, 0.2) is 41.9 Å². The molecule has 0 amide bonds. The SMILES string of the molecule is C=CCCCN(C)C(=NC)NCc1ccc(OC(C)C)cc1. The number of guanidine groups is 1. The second-order valence-electron chi connectivity index (χ2n) is 5.56. The third-order valence-corrected chi connectivity index (χ3v) is 3.22. The van der Waals surface area contributed by atoms with E-state index in [1.165, 1.54) is 5.56 Å². The van der Waals surface area contributed by atoms with E-state index in [1.807, 2.05) is 39.1 Å². The van der Waals surface area contributed by atoms with Gasteiger partial charge in [-0.2, -0.15) is 0 Å². The largest absolute Gasteiger partial charge is 0.491 e. The maximum atomic E-state index is 5.65. The molecule has 0 aliphatic heterocycles. The van der Waals surface area contributed by atoms with Gasteiger partial charge in [0.1, 0.15) is 5.75 Å². The Kier molecular flexibility index (Phi) is 8.11. The molecule has 0 aliphatic rings. The quantitative estimate of drug-likeness (QED) is 0.346. The molecule has 1 aromatic carbocycles. The van der Waals surface area contributed by atoms with E-state index in [1.54, 1.807) is 0 Å². The highest BCUT2D eigenvalue weighted by atomic mass is 16.5. The zero-order valence-electron chi connectivity index (χ0n) is 14.3. The van der Waals surface area contributed by atoms with E-state index in [2.05, 4.69) is 41.0 Å². The van der Waals surface area contributed by atoms with Crippen LogP contribution in [-0.4, -0.2) is 37.6 Å². The second kappa shape index (κ2) is 9.87. The molecule has 0 atom stereocenters. The second-order valence-corrected chi connectivity index (χ2v) is 5.56. The molecule has 0 bridgehead atoms. The molecule has 0 aliphatic carbocycles. The molecule has 0 fully saturated rings. The monoisotopic (exact) mass is 303 g/mol. The van der Waals surface area contributed by atoms with E-state index >= 15 is 0 Å². The van der Waals surface area contributed by atoms with Crippen molar-refractivity contribution in [1.29, 1.82) is 0 Å². The fourth-order valence-electron chi connectivity index (χ4n) is 2.10. The Morgan fingerprint density at radius 1 is 1.36 bits per heavy atom. The Balaban J connectivity index is 2.47. The molecule has 0 unspecified atom stereocenters. The molecule has 1 rings (SSSR count). The van der Waals surface area contributed by atoms with Gasteiger partial charge in [0.05, 0.1) is 6.10 Å². The van der Waals surface area contributed by atoms with E-state index in [0.717, 1.165) is 37.6 Å². The number of unbranched alkanes of at least 4 members (excludes halogenated alkanes) is 1. The minimum atomic E-state index is 0.201. The van der Waals surface area contributed by atoms with Crippen LogP contribution in [0.2, 0.25) is 0 Å². The first kappa shape index (κ1) is 18.1. The van der Waals surface area contributed by atoms with Crippen LogP contribution in [0.4, 0.5) is 0 Å². The Morgan fingerprint density at radius 2 is 2.05 bits per heavy atom. The Hall–Kier alpha value is -1.97. The van der Waals surface area contributed by atoms with Crippen molar-refractivity contribution >= 4 is 5.96 Å². The summed E-state index contributed by atoms with van der Waals surface area (Å²) in [5.41, 5.74) is 1.21. The Labute approximate surface area is 134 Å². The number of hydrogen-bond acceptors (Lipinski definition) is 2. The highest BCUT2D eigenvalue weighted by Gasteiger charge is 2.05. The van der Waals surface area contributed by atoms with E-state index in [0.29, 0.717) is 0 Å². The summed E-state index contributed by atoms with van der Waals surface area (Å²) in [7, 11) is 3.86. The molecule has 4 nitrogen and oxygen atoms in total. The molecule has 4 heteroatoms. The van der Waals surface area contributed by atoms with Crippen molar-refractivity contribution in [2.24, 2.45) is 4.99 Å². The van der Waals surface area contributed by atoms with E-state index in [-0.39, 0.29) is 6.10 Å². The number of nitrogens with zero attached hydrogens (tertiary/aromatic N) is 2. The lowest BCUT2D eigenvalue weighted by Crippen LogP contribution is -2.38. The molecule has 0 aromatic heterocycles. The topological polar surface area (TPSA) is 36.9 Å². The molecule has 1 N–H and O–H groups in total. The third kappa shape index (κ3) is 6.66. The molecule has 0 saturated heterocycles. The van der Waals surface area contributed by atoms with Crippen LogP contribution in [0.3, 0.4) is 0 Å². The lowest BCUT2D eigenvalue weighted by molar-refractivity contribution is 0.242. The zero-order valence-corrected chi connectivity index (χ0v) is 14.3. The fourth-order valence-corrected chi connectivity index (χ4v) is 2.10. The summed E-state index contributed by atoms with van der Waals surface area (Å²) in [5.74, 6) is 1.82. The first-order chi connectivity index (χ1) is 10.6. The number of ether oxygens (including phenoxy) is 1. The van der Waals surface area contributed by atoms with Gasteiger partial charge in [0.15, 0.2) is 5.96 Å². The van der Waals surface area contributed by atoms with Gasteiger partial charge in [0, 0.05) is 27.2 Å². The maximum Gasteiger partial charge on any atom is 0.193 e. The average Bonchev–Trinajstić information content (AvgIpc) is 2.49. The van der Waals surface area contributed by atoms with Crippen LogP contribution in [0.1, 0.15) is 32.3 Å². The molecule has 0 spiro atoms. The standard InChI is InChI=1S/C18H29N3O/c1-6-7-8-13-21(5)18(19-4)20-14-16-9-11-17(12-10-16)22-15(2)3/h6,9-12,15H,1,7-8,13-14H2,2-5H3,(H,19,20). The summed E-state index contributed by atoms with van der Waals surface area (Å²) >= 11 is 0. The molecule has 0 heterocycles. The van der Waals surface area contributed by atoms with Crippen molar-refractivity contribution in [1.82, 2.24) is 10.2 Å². The van der Waals surface area contributed by atoms with Gasteiger partial charge in [0.25, 0.3) is 0 Å². The molecule has 122 valence electrons. The lowest BCUT2D eigenvalue weighted by Gasteiger charge is -2.22. The van der Waals surface area contributed by atoms with Crippen LogP contribution in [0, 0.1) is 0 Å². The van der Waals surface area contributed by atoms with Crippen molar-refractivity contribution in [3.63, 3.8) is 0 Å². The minimum Gasteiger partial charge on any atom is -0.491 e. The van der Waals surface area contributed by atoms with E-state index in [9.17, 15) is 0 Å². The van der Waals surface area contributed by atoms with Gasteiger partial charge in [0.2, 0.25) is 0 Å². The third-order valence-electron chi connectivity index (χ3n) is 3.22. The minimum absolute atomic E-state index is 0.201. The summed E-state index contributed by atoms with van der Waals surface area (Å²) < 4.78 is 5.65. The van der Waals surface area contributed by atoms with Gasteiger partial charge >= 0.3 is 0 Å². The highest BCUT2D eigenvalue weighted by Crippen LogP contribution is 2.13. The number of allylic oxidation sites excluding steroid dienone is 1. The lowest BCUT2D eigenvalue weighted by atomic mass is 10.2. The maximum absolute atomic E-state index is 5.65. The van der Waals surface area contributed by atoms with Crippen molar-refractivity contribution in [3.05, 3.63) is 42.5 Å². The predicted octanol–water partition coefficient (Wildman–Crippen LogP) is 3.45. The summed E-state index contributed by atoms with van der Waals surface area (Å²) in [6, 6.07) is 8.17. The number of hydrogen-bond donors (Lipinski definition) is 1. The van der Waals surface area contributed by atoms with E-state index < -0.39 is 0 Å². The van der Waals surface area contributed by atoms with Crippen LogP contribution in [0.25, 0.3) is 0 Å². The molecular weight excluding hydrogens is 274 g/mol. The van der Waals surface area contributed by atoms with Crippen molar-refractivity contribution < 1.29 is 4.74 Å². The van der Waals surface area contributed by atoms with Crippen LogP contribution in [0.5, 0.6) is 5.75 Å². The predicted molar refractivity (Wildman–Crippen MR) is 94.5 cm³/mol. The van der Waals surface area contributed by atoms with Gasteiger partial charge in [-0.15, -0.1) is 6.58 Å². The van der Waals surface area contributed by atoms with Crippen molar-refractivity contribution in [2.75, 3.05) is 20.6 Å². The normalized spacial score (nSPS) is 11.4. The summed E-state index contributed by atoms with van der Waals surface area (Å²) in [4.78, 5) is 6.46. The summed E-state index contributed by atoms with van der Waals surface area (Å²) in [6.45, 7) is 9.52. The Bertz CT molecular complexity index is 466. The Morgan fingerprint density at radius 3 is 2.59 bits per heavy atom. The number of benzene rings is 1. The molecule has 0 radical (unpaired) electrons. The number of aliphatic imine (C=N–C) groups is 1. The summed E-state index contributed by atoms with van der Waals surface area (Å²) in [5, 5.41) is 3.38. The average molecular weight is 303 g/mol. The van der Waals surface area contributed by atoms with Crippen LogP contribution in [-0.2, 0) is 6.54 Å². The number of rotatable bonds is 8. The summed E-state index contributed by atoms with van der Waals surface area (Å²) in [6.07, 6.45) is 4.26. The van der Waals surface area contributed by atoms with Gasteiger partial charge in [-0.3, -0.25) is 4.99 Å². The molecule has 1 aromatic rings. The van der Waals surface area contributed by atoms with Crippen LogP contribution >= 0.6 is 0 Å². The van der Waals surface area contributed by atoms with Gasteiger partial charge < -0.3 is 15.0 Å². The van der Waals surface area contributed by atoms with Gasteiger partial charge in [-0.1, -0.05) is 18.2 Å². The molecular formula is C18H29N3O. The number of nitrogens with one attached hydrogen (secondary N) is 1. The highest BCUT2D eigenvalue weighted by molar-refractivity contribution is 5.79. The zero-order chi connectivity index (χ0) is 16.4. The van der Waals surface area contributed by atoms with Crippen molar-refractivity contribution in [3.8, 4) is 5.75 Å². The first-order valence-electron chi connectivity index (χ1n) is 7.85. The smallest absolute Gasteiger partial charge is 0.193 e. The van der Waals surface area contributed by atoms with Crippen molar-refractivity contribution in [2.45, 2.75) is 39.3 Å². The molecule has 0 saturated carbocycles.